The Morgan fingerprint density at radius 3 is 2.95 bits per heavy atom. The molecule has 1 atom stereocenters. The highest BCUT2D eigenvalue weighted by Gasteiger charge is 1.99. The summed E-state index contributed by atoms with van der Waals surface area (Å²) in [6.45, 7) is 5.68. The third kappa shape index (κ3) is 7.95. The van der Waals surface area contributed by atoms with Crippen LogP contribution in [0.3, 0.4) is 0 Å². The van der Waals surface area contributed by atoms with E-state index in [1.807, 2.05) is 18.2 Å². The maximum absolute atomic E-state index is 8.85. The van der Waals surface area contributed by atoms with E-state index in [2.05, 4.69) is 30.2 Å². The first kappa shape index (κ1) is 16.7. The summed E-state index contributed by atoms with van der Waals surface area (Å²) in [7, 11) is 0. The van der Waals surface area contributed by atoms with Crippen molar-refractivity contribution in [2.24, 2.45) is 5.92 Å². The molecule has 0 saturated carbocycles. The van der Waals surface area contributed by atoms with E-state index in [0.717, 1.165) is 38.0 Å². The van der Waals surface area contributed by atoms with Gasteiger partial charge in [0.2, 0.25) is 0 Å². The molecule has 0 bridgehead atoms. The van der Waals surface area contributed by atoms with Gasteiger partial charge in [-0.25, -0.2) is 4.98 Å². The van der Waals surface area contributed by atoms with Crippen molar-refractivity contribution in [1.82, 2.24) is 4.98 Å². The Morgan fingerprint density at radius 2 is 2.25 bits per heavy atom. The van der Waals surface area contributed by atoms with Crippen LogP contribution < -0.4 is 5.32 Å². The number of hydrogen-bond donors (Lipinski definition) is 2. The van der Waals surface area contributed by atoms with Gasteiger partial charge in [-0.1, -0.05) is 24.6 Å². The summed E-state index contributed by atoms with van der Waals surface area (Å²) in [5.41, 5.74) is 1.46. The Labute approximate surface area is 123 Å². The van der Waals surface area contributed by atoms with Crippen LogP contribution in [-0.4, -0.2) is 23.2 Å². The standard InChI is InChI=1S/C17H28N2O/c1-15(7-5-8-16(2)11-14-20)9-6-13-19-17-10-3-4-12-18-17/h3-4,7,10,12,16,20H,5-6,8-9,11,13-14H2,1-2H3,(H,18,19)/b15-7-. The van der Waals surface area contributed by atoms with Gasteiger partial charge in [0.05, 0.1) is 0 Å². The van der Waals surface area contributed by atoms with Gasteiger partial charge < -0.3 is 10.4 Å². The highest BCUT2D eigenvalue weighted by molar-refractivity contribution is 5.32. The van der Waals surface area contributed by atoms with Gasteiger partial charge in [-0.2, -0.15) is 0 Å². The van der Waals surface area contributed by atoms with Crippen LogP contribution in [0.4, 0.5) is 5.82 Å². The summed E-state index contributed by atoms with van der Waals surface area (Å²) in [5, 5.41) is 12.2. The molecule has 0 spiro atoms. The van der Waals surface area contributed by atoms with Crippen LogP contribution in [0.25, 0.3) is 0 Å². The molecule has 1 unspecified atom stereocenters. The molecule has 0 fully saturated rings. The van der Waals surface area contributed by atoms with Gasteiger partial charge in [0.1, 0.15) is 5.82 Å². The molecule has 2 N–H and O–H groups in total. The third-order valence-electron chi connectivity index (χ3n) is 3.49. The molecule has 0 radical (unpaired) electrons. The first-order valence-electron chi connectivity index (χ1n) is 7.63. The van der Waals surface area contributed by atoms with Crippen molar-refractivity contribution in [1.29, 1.82) is 0 Å². The molecule has 0 aromatic carbocycles. The molecule has 0 aliphatic heterocycles. The van der Waals surface area contributed by atoms with Gasteiger partial charge in [-0.05, 0) is 57.1 Å². The number of nitrogens with zero attached hydrogens (tertiary/aromatic N) is 1. The zero-order valence-electron chi connectivity index (χ0n) is 12.8. The van der Waals surface area contributed by atoms with E-state index < -0.39 is 0 Å². The molecule has 3 nitrogen and oxygen atoms in total. The Kier molecular flexibility index (Phi) is 8.72. The Bertz CT molecular complexity index is 376. The van der Waals surface area contributed by atoms with Gasteiger partial charge in [0.15, 0.2) is 0 Å². The average Bonchev–Trinajstić information content (AvgIpc) is 2.45. The highest BCUT2D eigenvalue weighted by atomic mass is 16.3. The Morgan fingerprint density at radius 1 is 1.40 bits per heavy atom. The van der Waals surface area contributed by atoms with Gasteiger partial charge in [0.25, 0.3) is 0 Å². The molecule has 20 heavy (non-hydrogen) atoms. The van der Waals surface area contributed by atoms with Gasteiger partial charge >= 0.3 is 0 Å². The first-order valence-corrected chi connectivity index (χ1v) is 7.63. The quantitative estimate of drug-likeness (QED) is 0.501. The van der Waals surface area contributed by atoms with E-state index >= 15 is 0 Å². The molecule has 0 aliphatic carbocycles. The highest BCUT2D eigenvalue weighted by Crippen LogP contribution is 2.13. The van der Waals surface area contributed by atoms with Crippen molar-refractivity contribution in [3.8, 4) is 0 Å². The summed E-state index contributed by atoms with van der Waals surface area (Å²) in [5.74, 6) is 1.57. The molecular formula is C17H28N2O. The number of pyridine rings is 1. The maximum Gasteiger partial charge on any atom is 0.125 e. The van der Waals surface area contributed by atoms with Crippen molar-refractivity contribution in [2.45, 2.75) is 46.0 Å². The fraction of sp³-hybridized carbons (Fsp3) is 0.588. The number of anilines is 1. The lowest BCUT2D eigenvalue weighted by Gasteiger charge is -2.08. The number of allylic oxidation sites excluding steroid dienone is 2. The fourth-order valence-corrected chi connectivity index (χ4v) is 2.13. The normalized spacial score (nSPS) is 13.2. The minimum absolute atomic E-state index is 0.309. The predicted octanol–water partition coefficient (Wildman–Crippen LogP) is 4.02. The summed E-state index contributed by atoms with van der Waals surface area (Å²) in [4.78, 5) is 4.24. The molecule has 112 valence electrons. The van der Waals surface area contributed by atoms with Gasteiger partial charge in [0, 0.05) is 19.3 Å². The van der Waals surface area contributed by atoms with E-state index in [-0.39, 0.29) is 0 Å². The van der Waals surface area contributed by atoms with Crippen LogP contribution >= 0.6 is 0 Å². The lowest BCUT2D eigenvalue weighted by atomic mass is 10.0. The predicted molar refractivity (Wildman–Crippen MR) is 85.8 cm³/mol. The van der Waals surface area contributed by atoms with Crippen molar-refractivity contribution < 1.29 is 5.11 Å². The number of aliphatic hydroxyl groups is 1. The second kappa shape index (κ2) is 10.4. The number of nitrogens with one attached hydrogen (secondary N) is 1. The number of aromatic nitrogens is 1. The fourth-order valence-electron chi connectivity index (χ4n) is 2.13. The van der Waals surface area contributed by atoms with Crippen molar-refractivity contribution >= 4 is 5.82 Å². The second-order valence-corrected chi connectivity index (χ2v) is 5.49. The first-order chi connectivity index (χ1) is 9.72. The maximum atomic E-state index is 8.85. The molecule has 3 heteroatoms. The van der Waals surface area contributed by atoms with E-state index in [4.69, 9.17) is 5.11 Å². The Balaban J connectivity index is 2.08. The van der Waals surface area contributed by atoms with Gasteiger partial charge in [-0.3, -0.25) is 0 Å². The van der Waals surface area contributed by atoms with E-state index in [1.54, 1.807) is 6.20 Å². The zero-order chi connectivity index (χ0) is 14.6. The van der Waals surface area contributed by atoms with Crippen LogP contribution in [0.2, 0.25) is 0 Å². The number of aliphatic hydroxyl groups excluding tert-OH is 1. The summed E-state index contributed by atoms with van der Waals surface area (Å²) < 4.78 is 0. The van der Waals surface area contributed by atoms with Crippen LogP contribution in [0.15, 0.2) is 36.0 Å². The smallest absolute Gasteiger partial charge is 0.125 e. The molecular weight excluding hydrogens is 248 g/mol. The molecule has 1 heterocycles. The average molecular weight is 276 g/mol. The Hall–Kier alpha value is -1.35. The monoisotopic (exact) mass is 276 g/mol. The van der Waals surface area contributed by atoms with E-state index in [0.29, 0.717) is 12.5 Å². The lowest BCUT2D eigenvalue weighted by Crippen LogP contribution is -2.02. The molecule has 1 aromatic rings. The van der Waals surface area contributed by atoms with Gasteiger partial charge in [-0.15, -0.1) is 0 Å². The second-order valence-electron chi connectivity index (χ2n) is 5.49. The summed E-state index contributed by atoms with van der Waals surface area (Å²) >= 11 is 0. The molecule has 1 rings (SSSR count). The van der Waals surface area contributed by atoms with E-state index in [9.17, 15) is 0 Å². The van der Waals surface area contributed by atoms with Crippen LogP contribution in [0.5, 0.6) is 0 Å². The largest absolute Gasteiger partial charge is 0.396 e. The molecule has 0 saturated heterocycles. The van der Waals surface area contributed by atoms with Crippen molar-refractivity contribution in [3.05, 3.63) is 36.0 Å². The van der Waals surface area contributed by atoms with Crippen LogP contribution in [0.1, 0.15) is 46.0 Å². The third-order valence-corrected chi connectivity index (χ3v) is 3.49. The van der Waals surface area contributed by atoms with Crippen LogP contribution in [-0.2, 0) is 0 Å². The van der Waals surface area contributed by atoms with Crippen LogP contribution in [0, 0.1) is 5.92 Å². The SMILES string of the molecule is C/C(=C/CCC(C)CCO)CCCNc1ccccn1. The van der Waals surface area contributed by atoms with Crippen molar-refractivity contribution in [3.63, 3.8) is 0 Å². The molecule has 0 amide bonds. The zero-order valence-corrected chi connectivity index (χ0v) is 12.8. The van der Waals surface area contributed by atoms with E-state index in [1.165, 1.54) is 12.0 Å². The summed E-state index contributed by atoms with van der Waals surface area (Å²) in [6, 6.07) is 5.91. The van der Waals surface area contributed by atoms with Crippen molar-refractivity contribution in [2.75, 3.05) is 18.5 Å². The minimum Gasteiger partial charge on any atom is -0.396 e. The topological polar surface area (TPSA) is 45.1 Å². The number of rotatable bonds is 10. The summed E-state index contributed by atoms with van der Waals surface area (Å²) in [6.07, 6.45) is 9.63. The minimum atomic E-state index is 0.309. The number of hydrogen-bond acceptors (Lipinski definition) is 3. The molecule has 0 aliphatic rings. The lowest BCUT2D eigenvalue weighted by molar-refractivity contribution is 0.259. The molecule has 1 aromatic heterocycles.